The number of allylic oxidation sites excluding steroid dienone is 3. The molecule has 1 saturated carbocycles. The van der Waals surface area contributed by atoms with Gasteiger partial charge in [0.15, 0.2) is 0 Å². The zero-order valence-corrected chi connectivity index (χ0v) is 12.9. The van der Waals surface area contributed by atoms with Crippen LogP contribution < -0.4 is 0 Å². The van der Waals surface area contributed by atoms with E-state index in [9.17, 15) is 14.4 Å². The van der Waals surface area contributed by atoms with Crippen LogP contribution in [0.25, 0.3) is 0 Å². The number of hydrogen-bond donors (Lipinski definition) is 0. The second-order valence-corrected chi connectivity index (χ2v) is 6.51. The molecule has 1 aliphatic heterocycles. The van der Waals surface area contributed by atoms with Crippen molar-refractivity contribution >= 4 is 17.7 Å². The number of carbonyl (C=O) groups excluding carboxylic acids is 3. The minimum Gasteiger partial charge on any atom is -0.344 e. The summed E-state index contributed by atoms with van der Waals surface area (Å²) in [5.74, 6) is -0.540. The van der Waals surface area contributed by atoms with Crippen molar-refractivity contribution in [1.29, 1.82) is 0 Å². The summed E-state index contributed by atoms with van der Waals surface area (Å²) < 4.78 is 0. The summed E-state index contributed by atoms with van der Waals surface area (Å²) in [6, 6.07) is 0. The van der Waals surface area contributed by atoms with Gasteiger partial charge in [0.1, 0.15) is 6.54 Å². The maximum atomic E-state index is 12.5. The van der Waals surface area contributed by atoms with Crippen LogP contribution in [0.1, 0.15) is 19.3 Å². The maximum absolute atomic E-state index is 12.5. The number of nitrogens with zero attached hydrogens (tertiary/aromatic N) is 2. The van der Waals surface area contributed by atoms with E-state index < -0.39 is 0 Å². The van der Waals surface area contributed by atoms with E-state index in [2.05, 4.69) is 18.7 Å². The third-order valence-electron chi connectivity index (χ3n) is 5.18. The largest absolute Gasteiger partial charge is 0.344 e. The fraction of sp³-hybridized carbons (Fsp3) is 0.588. The molecule has 0 aromatic carbocycles. The van der Waals surface area contributed by atoms with Gasteiger partial charge in [-0.3, -0.25) is 19.3 Å². The maximum Gasteiger partial charge on any atom is 0.242 e. The third-order valence-corrected chi connectivity index (χ3v) is 5.18. The Kier molecular flexibility index (Phi) is 3.89. The summed E-state index contributed by atoms with van der Waals surface area (Å²) in [5, 5.41) is 0. The van der Waals surface area contributed by atoms with Gasteiger partial charge in [-0.25, -0.2) is 0 Å². The molecule has 0 aromatic heterocycles. The van der Waals surface area contributed by atoms with Gasteiger partial charge in [-0.1, -0.05) is 18.2 Å². The van der Waals surface area contributed by atoms with Gasteiger partial charge in [-0.15, -0.1) is 6.58 Å². The van der Waals surface area contributed by atoms with E-state index in [0.29, 0.717) is 6.54 Å². The highest BCUT2D eigenvalue weighted by molar-refractivity contribution is 6.08. The highest BCUT2D eigenvalue weighted by Gasteiger charge is 2.59. The van der Waals surface area contributed by atoms with Crippen LogP contribution in [0.4, 0.5) is 0 Å². The average molecular weight is 302 g/mol. The summed E-state index contributed by atoms with van der Waals surface area (Å²) in [4.78, 5) is 40.0. The van der Waals surface area contributed by atoms with Gasteiger partial charge in [0.25, 0.3) is 0 Å². The molecule has 0 N–H and O–H groups in total. The molecule has 0 radical (unpaired) electrons. The first kappa shape index (κ1) is 15.0. The van der Waals surface area contributed by atoms with E-state index >= 15 is 0 Å². The van der Waals surface area contributed by atoms with E-state index in [1.54, 1.807) is 11.9 Å². The number of hydrogen-bond acceptors (Lipinski definition) is 3. The fourth-order valence-electron chi connectivity index (χ4n) is 3.97. The number of amides is 3. The van der Waals surface area contributed by atoms with Crippen LogP contribution in [0.2, 0.25) is 0 Å². The first-order chi connectivity index (χ1) is 10.5. The molecule has 0 aromatic rings. The molecule has 1 saturated heterocycles. The van der Waals surface area contributed by atoms with Crippen molar-refractivity contribution in [2.75, 3.05) is 20.1 Å². The Morgan fingerprint density at radius 2 is 1.91 bits per heavy atom. The Labute approximate surface area is 130 Å². The lowest BCUT2D eigenvalue weighted by molar-refractivity contribution is -0.146. The van der Waals surface area contributed by atoms with E-state index in [1.807, 2.05) is 6.08 Å². The van der Waals surface area contributed by atoms with Crippen LogP contribution in [-0.2, 0) is 14.4 Å². The van der Waals surface area contributed by atoms with Gasteiger partial charge >= 0.3 is 0 Å². The molecule has 2 aliphatic carbocycles. The molecule has 0 spiro atoms. The van der Waals surface area contributed by atoms with Gasteiger partial charge in [0.05, 0.1) is 11.8 Å². The predicted octanol–water partition coefficient (Wildman–Crippen LogP) is 1.22. The molecule has 2 fully saturated rings. The zero-order chi connectivity index (χ0) is 15.9. The number of fused-ring (bicyclic) bond motifs is 5. The molecule has 1 heterocycles. The SMILES string of the molecule is C=CCCCN(C)C(=O)CN1C(=O)[C@H]2[C@H](C1=O)[C@H]1C=C[C@H]2C1. The van der Waals surface area contributed by atoms with Gasteiger partial charge in [0, 0.05) is 13.6 Å². The van der Waals surface area contributed by atoms with Crippen molar-refractivity contribution in [2.24, 2.45) is 23.7 Å². The molecule has 22 heavy (non-hydrogen) atoms. The molecule has 2 bridgehead atoms. The van der Waals surface area contributed by atoms with Crippen LogP contribution in [0.5, 0.6) is 0 Å². The van der Waals surface area contributed by atoms with Crippen molar-refractivity contribution in [1.82, 2.24) is 9.80 Å². The summed E-state index contributed by atoms with van der Waals surface area (Å²) >= 11 is 0. The van der Waals surface area contributed by atoms with Crippen LogP contribution in [0, 0.1) is 23.7 Å². The van der Waals surface area contributed by atoms with Crippen molar-refractivity contribution in [3.05, 3.63) is 24.8 Å². The number of imide groups is 1. The summed E-state index contributed by atoms with van der Waals surface area (Å²) in [7, 11) is 1.71. The minimum absolute atomic E-state index is 0.116. The lowest BCUT2D eigenvalue weighted by atomic mass is 9.85. The van der Waals surface area contributed by atoms with Crippen LogP contribution in [-0.4, -0.2) is 47.7 Å². The molecule has 3 amide bonds. The van der Waals surface area contributed by atoms with E-state index in [0.717, 1.165) is 19.3 Å². The number of rotatable bonds is 6. The Morgan fingerprint density at radius 1 is 1.32 bits per heavy atom. The normalized spacial score (nSPS) is 31.8. The number of likely N-dealkylation sites (tertiary alicyclic amines) is 1. The Morgan fingerprint density at radius 3 is 2.45 bits per heavy atom. The topological polar surface area (TPSA) is 57.7 Å². The van der Waals surface area contributed by atoms with Crippen LogP contribution in [0.3, 0.4) is 0 Å². The van der Waals surface area contributed by atoms with Crippen molar-refractivity contribution in [2.45, 2.75) is 19.3 Å². The highest BCUT2D eigenvalue weighted by Crippen LogP contribution is 2.52. The second kappa shape index (κ2) is 5.71. The molecular weight excluding hydrogens is 280 g/mol. The van der Waals surface area contributed by atoms with Gasteiger partial charge < -0.3 is 4.90 Å². The Balaban J connectivity index is 1.62. The minimum atomic E-state index is -0.221. The number of likely N-dealkylation sites (N-methyl/N-ethyl adjacent to an activating group) is 1. The van der Waals surface area contributed by atoms with E-state index in [1.165, 1.54) is 4.90 Å². The number of carbonyl (C=O) groups is 3. The Hall–Kier alpha value is -1.91. The average Bonchev–Trinajstić information content (AvgIpc) is 3.17. The van der Waals surface area contributed by atoms with E-state index in [-0.39, 0.29) is 47.9 Å². The summed E-state index contributed by atoms with van der Waals surface area (Å²) in [6.07, 6.45) is 8.53. The standard InChI is InChI=1S/C17H22N2O3/c1-3-4-5-8-18(2)13(20)10-19-16(21)14-11-6-7-12(9-11)15(14)17(19)22/h3,6-7,11-12,14-15H,1,4-5,8-10H2,2H3/t11-,12-,14+,15+/m0/s1. The highest BCUT2D eigenvalue weighted by atomic mass is 16.2. The second-order valence-electron chi connectivity index (χ2n) is 6.51. The van der Waals surface area contributed by atoms with E-state index in [4.69, 9.17) is 0 Å². The van der Waals surface area contributed by atoms with Crippen molar-refractivity contribution in [3.8, 4) is 0 Å². The molecule has 3 rings (SSSR count). The molecule has 5 nitrogen and oxygen atoms in total. The molecule has 5 heteroatoms. The van der Waals surface area contributed by atoms with Gasteiger partial charge in [-0.2, -0.15) is 0 Å². The predicted molar refractivity (Wildman–Crippen MR) is 81.5 cm³/mol. The molecular formula is C17H22N2O3. The first-order valence-electron chi connectivity index (χ1n) is 7.93. The van der Waals surface area contributed by atoms with Crippen molar-refractivity contribution in [3.63, 3.8) is 0 Å². The fourth-order valence-corrected chi connectivity index (χ4v) is 3.97. The van der Waals surface area contributed by atoms with Gasteiger partial charge in [-0.05, 0) is 31.1 Å². The number of unbranched alkanes of at least 4 members (excludes halogenated alkanes) is 1. The lowest BCUT2D eigenvalue weighted by Crippen LogP contribution is -2.42. The smallest absolute Gasteiger partial charge is 0.242 e. The van der Waals surface area contributed by atoms with Crippen LogP contribution in [0.15, 0.2) is 24.8 Å². The Bertz CT molecular complexity index is 524. The van der Waals surface area contributed by atoms with Crippen molar-refractivity contribution < 1.29 is 14.4 Å². The monoisotopic (exact) mass is 302 g/mol. The molecule has 118 valence electrons. The zero-order valence-electron chi connectivity index (χ0n) is 12.9. The molecule has 0 unspecified atom stereocenters. The molecule has 3 aliphatic rings. The summed E-state index contributed by atoms with van der Waals surface area (Å²) in [6.45, 7) is 4.15. The third kappa shape index (κ3) is 2.28. The molecule has 4 atom stereocenters. The van der Waals surface area contributed by atoms with Gasteiger partial charge in [0.2, 0.25) is 17.7 Å². The quantitative estimate of drug-likeness (QED) is 0.421. The lowest BCUT2D eigenvalue weighted by Gasteiger charge is -2.21. The first-order valence-corrected chi connectivity index (χ1v) is 7.93. The van der Waals surface area contributed by atoms with Crippen LogP contribution >= 0.6 is 0 Å². The summed E-state index contributed by atoms with van der Waals surface area (Å²) in [5.41, 5.74) is 0.